The van der Waals surface area contributed by atoms with Crippen molar-refractivity contribution in [1.29, 1.82) is 0 Å². The predicted octanol–water partition coefficient (Wildman–Crippen LogP) is 3.62. The first-order valence-electron chi connectivity index (χ1n) is 7.44. The lowest BCUT2D eigenvalue weighted by Gasteiger charge is -2.25. The molecule has 2 N–H and O–H groups in total. The molecule has 0 aliphatic rings. The van der Waals surface area contributed by atoms with E-state index in [2.05, 4.69) is 20.2 Å². The summed E-state index contributed by atoms with van der Waals surface area (Å²) < 4.78 is 44.7. The predicted molar refractivity (Wildman–Crippen MR) is 92.1 cm³/mol. The van der Waals surface area contributed by atoms with Gasteiger partial charge in [0.2, 0.25) is 0 Å². The van der Waals surface area contributed by atoms with Crippen molar-refractivity contribution in [1.82, 2.24) is 14.9 Å². The minimum Gasteiger partial charge on any atom is -0.475 e. The van der Waals surface area contributed by atoms with Gasteiger partial charge in [0.25, 0.3) is 0 Å². The normalized spacial score (nSPS) is 12.1. The fourth-order valence-electron chi connectivity index (χ4n) is 1.89. The van der Waals surface area contributed by atoms with E-state index in [1.165, 1.54) is 18.3 Å². The number of aromatic nitrogens is 2. The fourth-order valence-corrected chi connectivity index (χ4v) is 1.99. The van der Waals surface area contributed by atoms with Crippen LogP contribution in [0.3, 0.4) is 0 Å². The maximum Gasteiger partial charge on any atom is 0.490 e. The average Bonchev–Trinajstić information content (AvgIpc) is 2.57. The van der Waals surface area contributed by atoms with E-state index < -0.39 is 12.1 Å². The van der Waals surface area contributed by atoms with Crippen LogP contribution in [0, 0.1) is 5.82 Å². The lowest BCUT2D eigenvalue weighted by molar-refractivity contribution is -0.192. The molecule has 1 atom stereocenters. The van der Waals surface area contributed by atoms with Gasteiger partial charge in [-0.25, -0.2) is 19.2 Å². The van der Waals surface area contributed by atoms with Gasteiger partial charge in [-0.05, 0) is 31.8 Å². The number of nitrogens with zero attached hydrogens (tertiary/aromatic N) is 3. The van der Waals surface area contributed by atoms with Crippen LogP contribution in [0.25, 0.3) is 0 Å². The largest absolute Gasteiger partial charge is 0.490 e. The van der Waals surface area contributed by atoms with Crippen LogP contribution in [0.2, 0.25) is 5.15 Å². The van der Waals surface area contributed by atoms with E-state index in [9.17, 15) is 17.6 Å². The molecule has 1 unspecified atom stereocenters. The Hall–Kier alpha value is -2.46. The number of hydrogen-bond acceptors (Lipinski definition) is 5. The van der Waals surface area contributed by atoms with Crippen molar-refractivity contribution < 1.29 is 27.5 Å². The Morgan fingerprint density at radius 1 is 1.22 bits per heavy atom. The lowest BCUT2D eigenvalue weighted by Crippen LogP contribution is -2.27. The van der Waals surface area contributed by atoms with Gasteiger partial charge in [0.1, 0.15) is 16.8 Å². The summed E-state index contributed by atoms with van der Waals surface area (Å²) in [5.74, 6) is -2.33. The molecule has 2 rings (SSSR count). The number of nitrogens with one attached hydrogen (secondary N) is 1. The number of carboxylic acid groups (broad SMARTS) is 1. The Labute approximate surface area is 157 Å². The van der Waals surface area contributed by atoms with E-state index in [0.717, 1.165) is 5.56 Å². The van der Waals surface area contributed by atoms with Crippen molar-refractivity contribution in [2.45, 2.75) is 12.2 Å². The van der Waals surface area contributed by atoms with Gasteiger partial charge in [0, 0.05) is 6.54 Å². The average molecular weight is 409 g/mol. The number of rotatable bonds is 5. The Bertz CT molecular complexity index is 725. The Morgan fingerprint density at radius 2 is 1.78 bits per heavy atom. The molecule has 0 fully saturated rings. The summed E-state index contributed by atoms with van der Waals surface area (Å²) in [4.78, 5) is 19.1. The minimum absolute atomic E-state index is 0.105. The zero-order valence-electron chi connectivity index (χ0n) is 14.3. The van der Waals surface area contributed by atoms with Gasteiger partial charge in [-0.3, -0.25) is 0 Å². The summed E-state index contributed by atoms with van der Waals surface area (Å²) in [5, 5.41) is 10.7. The van der Waals surface area contributed by atoms with Gasteiger partial charge in [-0.2, -0.15) is 13.2 Å². The highest BCUT2D eigenvalue weighted by Gasteiger charge is 2.38. The number of alkyl halides is 3. The van der Waals surface area contributed by atoms with Crippen LogP contribution in [0.15, 0.2) is 36.7 Å². The summed E-state index contributed by atoms with van der Waals surface area (Å²) in [5.41, 5.74) is 1.03. The molecule has 6 nitrogen and oxygen atoms in total. The molecule has 0 spiro atoms. The molecule has 1 aromatic carbocycles. The Morgan fingerprint density at radius 3 is 2.19 bits per heavy atom. The van der Waals surface area contributed by atoms with Crippen molar-refractivity contribution in [3.63, 3.8) is 0 Å². The summed E-state index contributed by atoms with van der Waals surface area (Å²) in [7, 11) is 3.95. The number of aliphatic carboxylic acids is 1. The molecule has 2 aromatic rings. The first kappa shape index (κ1) is 22.6. The van der Waals surface area contributed by atoms with E-state index in [0.29, 0.717) is 17.5 Å². The summed E-state index contributed by atoms with van der Waals surface area (Å²) >= 11 is 5.69. The number of halogens is 5. The number of carboxylic acids is 1. The van der Waals surface area contributed by atoms with Crippen molar-refractivity contribution in [2.75, 3.05) is 26.0 Å². The maximum atomic E-state index is 13.0. The molecule has 0 bridgehead atoms. The first-order valence-corrected chi connectivity index (χ1v) is 7.82. The van der Waals surface area contributed by atoms with E-state index in [4.69, 9.17) is 21.5 Å². The van der Waals surface area contributed by atoms with Crippen molar-refractivity contribution in [3.05, 3.63) is 53.2 Å². The zero-order valence-corrected chi connectivity index (χ0v) is 15.1. The quantitative estimate of drug-likeness (QED) is 0.736. The zero-order chi connectivity index (χ0) is 20.6. The van der Waals surface area contributed by atoms with Crippen LogP contribution < -0.4 is 5.32 Å². The lowest BCUT2D eigenvalue weighted by atomic mass is 10.1. The van der Waals surface area contributed by atoms with Crippen molar-refractivity contribution in [2.24, 2.45) is 0 Å². The fraction of sp³-hybridized carbons (Fsp3) is 0.312. The van der Waals surface area contributed by atoms with Crippen LogP contribution in [0.5, 0.6) is 0 Å². The molecular formula is C16H17ClF4N4O2. The van der Waals surface area contributed by atoms with Gasteiger partial charge in [0.05, 0.1) is 18.4 Å². The minimum atomic E-state index is -5.08. The number of hydrogen-bond donors (Lipinski definition) is 2. The number of likely N-dealkylation sites (N-methyl/N-ethyl adjacent to an activating group) is 1. The van der Waals surface area contributed by atoms with Gasteiger partial charge < -0.3 is 15.3 Å². The Balaban J connectivity index is 0.000000445. The highest BCUT2D eigenvalue weighted by atomic mass is 35.5. The van der Waals surface area contributed by atoms with Crippen LogP contribution in [-0.4, -0.2) is 52.8 Å². The van der Waals surface area contributed by atoms with Gasteiger partial charge in [0.15, 0.2) is 0 Å². The molecule has 1 aromatic heterocycles. The molecule has 11 heteroatoms. The SMILES string of the molecule is CN(C)C(CNc1cnc(Cl)cn1)c1ccc(F)cc1.O=C(O)C(F)(F)F. The highest BCUT2D eigenvalue weighted by molar-refractivity contribution is 6.29. The summed E-state index contributed by atoms with van der Waals surface area (Å²) in [6, 6.07) is 6.61. The first-order chi connectivity index (χ1) is 12.5. The monoisotopic (exact) mass is 408 g/mol. The number of anilines is 1. The second kappa shape index (κ2) is 10.0. The molecule has 148 valence electrons. The van der Waals surface area contributed by atoms with E-state index >= 15 is 0 Å². The van der Waals surface area contributed by atoms with Crippen molar-refractivity contribution >= 4 is 23.4 Å². The third-order valence-corrected chi connectivity index (χ3v) is 3.41. The summed E-state index contributed by atoms with van der Waals surface area (Å²) in [6.45, 7) is 0.634. The van der Waals surface area contributed by atoms with E-state index in [1.807, 2.05) is 14.1 Å². The molecule has 27 heavy (non-hydrogen) atoms. The standard InChI is InChI=1S/C14H16ClFN4.C2HF3O2/c1-20(2)12(10-3-5-11(16)6-4-10)7-18-14-9-17-13(15)8-19-14;3-2(4,5)1(6)7/h3-6,8-9,12H,7H2,1-2H3,(H,18,19);(H,6,7). The van der Waals surface area contributed by atoms with E-state index in [1.54, 1.807) is 18.3 Å². The molecule has 0 amide bonds. The number of carbonyl (C=O) groups is 1. The van der Waals surface area contributed by atoms with Crippen LogP contribution in [-0.2, 0) is 4.79 Å². The third kappa shape index (κ3) is 8.18. The number of benzene rings is 1. The molecular weight excluding hydrogens is 392 g/mol. The summed E-state index contributed by atoms with van der Waals surface area (Å²) in [6.07, 6.45) is -2.01. The molecule has 0 aliphatic carbocycles. The van der Waals surface area contributed by atoms with Crippen LogP contribution >= 0.6 is 11.6 Å². The topological polar surface area (TPSA) is 78.3 Å². The Kier molecular flexibility index (Phi) is 8.38. The molecule has 1 heterocycles. The van der Waals surface area contributed by atoms with Crippen LogP contribution in [0.1, 0.15) is 11.6 Å². The molecule has 0 saturated heterocycles. The second-order valence-corrected chi connectivity index (χ2v) is 5.83. The maximum absolute atomic E-state index is 13.0. The smallest absolute Gasteiger partial charge is 0.475 e. The highest BCUT2D eigenvalue weighted by Crippen LogP contribution is 2.19. The van der Waals surface area contributed by atoms with Gasteiger partial charge in [-0.15, -0.1) is 0 Å². The molecule has 0 saturated carbocycles. The molecule has 0 radical (unpaired) electrons. The van der Waals surface area contributed by atoms with Crippen molar-refractivity contribution in [3.8, 4) is 0 Å². The van der Waals surface area contributed by atoms with Gasteiger partial charge >= 0.3 is 12.1 Å². The molecule has 0 aliphatic heterocycles. The third-order valence-electron chi connectivity index (χ3n) is 3.22. The second-order valence-electron chi connectivity index (χ2n) is 5.44. The van der Waals surface area contributed by atoms with Gasteiger partial charge in [-0.1, -0.05) is 23.7 Å². The van der Waals surface area contributed by atoms with Crippen LogP contribution in [0.4, 0.5) is 23.4 Å². The van der Waals surface area contributed by atoms with E-state index in [-0.39, 0.29) is 11.9 Å².